The Labute approximate surface area is 206 Å². The SMILES string of the molecule is CCNC(=O)[C@H](C)N(Cc1cccc(Br)c1)C(=O)CN(c1ccc(Cl)cc1Cl)S(C)(=O)=O. The van der Waals surface area contributed by atoms with Crippen LogP contribution in [0.5, 0.6) is 0 Å². The van der Waals surface area contributed by atoms with Crippen molar-refractivity contribution in [2.75, 3.05) is 23.7 Å². The maximum absolute atomic E-state index is 13.4. The summed E-state index contributed by atoms with van der Waals surface area (Å²) in [4.78, 5) is 27.2. The zero-order valence-electron chi connectivity index (χ0n) is 17.8. The van der Waals surface area contributed by atoms with Gasteiger partial charge in [-0.2, -0.15) is 0 Å². The molecule has 2 aromatic rings. The molecule has 0 aliphatic heterocycles. The third kappa shape index (κ3) is 7.10. The fourth-order valence-corrected chi connectivity index (χ4v) is 4.88. The van der Waals surface area contributed by atoms with Gasteiger partial charge in [-0.25, -0.2) is 8.42 Å². The average molecular weight is 565 g/mol. The first-order chi connectivity index (χ1) is 14.9. The molecule has 0 aliphatic carbocycles. The van der Waals surface area contributed by atoms with Gasteiger partial charge < -0.3 is 10.2 Å². The van der Waals surface area contributed by atoms with Crippen molar-refractivity contribution in [3.63, 3.8) is 0 Å². The van der Waals surface area contributed by atoms with Crippen LogP contribution in [0.4, 0.5) is 5.69 Å². The number of sulfonamides is 1. The second-order valence-electron chi connectivity index (χ2n) is 7.09. The van der Waals surface area contributed by atoms with Crippen LogP contribution >= 0.6 is 39.1 Å². The first-order valence-corrected chi connectivity index (χ1v) is 13.1. The van der Waals surface area contributed by atoms with Crippen LogP contribution in [-0.2, 0) is 26.2 Å². The van der Waals surface area contributed by atoms with E-state index in [-0.39, 0.29) is 23.2 Å². The lowest BCUT2D eigenvalue weighted by molar-refractivity contribution is -0.139. The van der Waals surface area contributed by atoms with Crippen LogP contribution < -0.4 is 9.62 Å². The smallest absolute Gasteiger partial charge is 0.244 e. The van der Waals surface area contributed by atoms with Crippen LogP contribution in [0.2, 0.25) is 10.0 Å². The van der Waals surface area contributed by atoms with E-state index < -0.39 is 28.5 Å². The summed E-state index contributed by atoms with van der Waals surface area (Å²) in [5.41, 5.74) is 0.902. The monoisotopic (exact) mass is 563 g/mol. The van der Waals surface area contributed by atoms with Crippen molar-refractivity contribution < 1.29 is 18.0 Å². The van der Waals surface area contributed by atoms with E-state index in [2.05, 4.69) is 21.2 Å². The number of halogens is 3. The molecule has 2 amide bonds. The van der Waals surface area contributed by atoms with Crippen molar-refractivity contribution in [1.82, 2.24) is 10.2 Å². The second-order valence-corrected chi connectivity index (χ2v) is 10.8. The second kappa shape index (κ2) is 11.4. The Hall–Kier alpha value is -1.81. The number of likely N-dealkylation sites (N-methyl/N-ethyl adjacent to an activating group) is 1. The molecule has 0 aliphatic rings. The van der Waals surface area contributed by atoms with E-state index in [0.29, 0.717) is 11.6 Å². The Balaban J connectivity index is 2.42. The van der Waals surface area contributed by atoms with Gasteiger partial charge in [0, 0.05) is 22.6 Å². The van der Waals surface area contributed by atoms with Gasteiger partial charge in [-0.3, -0.25) is 13.9 Å². The summed E-state index contributed by atoms with van der Waals surface area (Å²) in [5.74, 6) is -0.897. The van der Waals surface area contributed by atoms with Gasteiger partial charge in [-0.15, -0.1) is 0 Å². The van der Waals surface area contributed by atoms with Gasteiger partial charge >= 0.3 is 0 Å². The van der Waals surface area contributed by atoms with Crippen molar-refractivity contribution in [1.29, 1.82) is 0 Å². The largest absolute Gasteiger partial charge is 0.355 e. The molecule has 0 fully saturated rings. The highest BCUT2D eigenvalue weighted by molar-refractivity contribution is 9.10. The highest BCUT2D eigenvalue weighted by Crippen LogP contribution is 2.30. The van der Waals surface area contributed by atoms with Crippen molar-refractivity contribution >= 4 is 66.7 Å². The molecule has 0 spiro atoms. The Morgan fingerprint density at radius 3 is 2.41 bits per heavy atom. The van der Waals surface area contributed by atoms with Gasteiger partial charge in [-0.05, 0) is 49.7 Å². The fraction of sp³-hybridized carbons (Fsp3) is 0.333. The van der Waals surface area contributed by atoms with E-state index in [0.717, 1.165) is 20.6 Å². The number of carbonyl (C=O) groups is 2. The summed E-state index contributed by atoms with van der Waals surface area (Å²) in [6.45, 7) is 3.36. The van der Waals surface area contributed by atoms with Gasteiger partial charge in [0.15, 0.2) is 0 Å². The predicted octanol–water partition coefficient (Wildman–Crippen LogP) is 4.08. The summed E-state index contributed by atoms with van der Waals surface area (Å²) in [6, 6.07) is 10.8. The normalized spacial score (nSPS) is 12.2. The lowest BCUT2D eigenvalue weighted by Crippen LogP contribution is -2.51. The average Bonchev–Trinajstić information content (AvgIpc) is 2.69. The molecule has 1 N–H and O–H groups in total. The van der Waals surface area contributed by atoms with E-state index in [9.17, 15) is 18.0 Å². The molecule has 32 heavy (non-hydrogen) atoms. The Morgan fingerprint density at radius 2 is 1.84 bits per heavy atom. The molecule has 2 rings (SSSR count). The molecule has 0 aromatic heterocycles. The van der Waals surface area contributed by atoms with Gasteiger partial charge in [-0.1, -0.05) is 51.3 Å². The van der Waals surface area contributed by atoms with Gasteiger partial charge in [0.1, 0.15) is 12.6 Å². The first kappa shape index (κ1) is 26.4. The lowest BCUT2D eigenvalue weighted by atomic mass is 10.1. The zero-order chi connectivity index (χ0) is 24.1. The lowest BCUT2D eigenvalue weighted by Gasteiger charge is -2.31. The number of benzene rings is 2. The molecule has 0 bridgehead atoms. The summed E-state index contributed by atoms with van der Waals surface area (Å²) in [6.07, 6.45) is 0.983. The van der Waals surface area contributed by atoms with Crippen LogP contribution in [0.1, 0.15) is 19.4 Å². The maximum Gasteiger partial charge on any atom is 0.244 e. The van der Waals surface area contributed by atoms with Crippen LogP contribution in [0, 0.1) is 0 Å². The van der Waals surface area contributed by atoms with Crippen LogP contribution in [0.25, 0.3) is 0 Å². The number of hydrogen-bond donors (Lipinski definition) is 1. The third-order valence-electron chi connectivity index (χ3n) is 4.62. The van der Waals surface area contributed by atoms with E-state index in [4.69, 9.17) is 23.2 Å². The zero-order valence-corrected chi connectivity index (χ0v) is 21.7. The molecule has 11 heteroatoms. The topological polar surface area (TPSA) is 86.8 Å². The highest BCUT2D eigenvalue weighted by atomic mass is 79.9. The number of hydrogen-bond acceptors (Lipinski definition) is 4. The molecule has 1 atom stereocenters. The fourth-order valence-electron chi connectivity index (χ4n) is 3.01. The molecule has 0 unspecified atom stereocenters. The molecule has 0 saturated carbocycles. The number of amides is 2. The predicted molar refractivity (Wildman–Crippen MR) is 131 cm³/mol. The summed E-state index contributed by atoms with van der Waals surface area (Å²) < 4.78 is 26.8. The summed E-state index contributed by atoms with van der Waals surface area (Å²) in [5, 5.41) is 3.12. The molecule has 0 radical (unpaired) electrons. The number of rotatable bonds is 9. The number of carbonyl (C=O) groups excluding carboxylic acids is 2. The number of anilines is 1. The van der Waals surface area contributed by atoms with E-state index in [1.54, 1.807) is 13.8 Å². The van der Waals surface area contributed by atoms with Gasteiger partial charge in [0.2, 0.25) is 21.8 Å². The summed E-state index contributed by atoms with van der Waals surface area (Å²) >= 11 is 15.5. The van der Waals surface area contributed by atoms with Crippen LogP contribution in [0.3, 0.4) is 0 Å². The van der Waals surface area contributed by atoms with Crippen LogP contribution in [0.15, 0.2) is 46.9 Å². The first-order valence-electron chi connectivity index (χ1n) is 9.68. The van der Waals surface area contributed by atoms with Gasteiger partial charge in [0.25, 0.3) is 0 Å². The Morgan fingerprint density at radius 1 is 1.16 bits per heavy atom. The minimum absolute atomic E-state index is 0.0889. The minimum atomic E-state index is -3.87. The van der Waals surface area contributed by atoms with Crippen molar-refractivity contribution in [2.45, 2.75) is 26.4 Å². The molecule has 7 nitrogen and oxygen atoms in total. The summed E-state index contributed by atoms with van der Waals surface area (Å²) in [7, 11) is -3.87. The minimum Gasteiger partial charge on any atom is -0.355 e. The molecule has 0 saturated heterocycles. The molecule has 2 aromatic carbocycles. The standard InChI is InChI=1S/C21H24BrCl2N3O4S/c1-4-25-21(29)14(2)26(12-15-6-5-7-16(22)10-15)20(28)13-27(32(3,30)31)19-9-8-17(23)11-18(19)24/h5-11,14H,4,12-13H2,1-3H3,(H,25,29)/t14-/m0/s1. The van der Waals surface area contributed by atoms with Crippen molar-refractivity contribution in [3.05, 3.63) is 62.5 Å². The van der Waals surface area contributed by atoms with Crippen molar-refractivity contribution in [2.24, 2.45) is 0 Å². The quantitative estimate of drug-likeness (QED) is 0.497. The Bertz CT molecular complexity index is 1100. The third-order valence-corrected chi connectivity index (χ3v) is 6.78. The number of nitrogens with zero attached hydrogens (tertiary/aromatic N) is 2. The maximum atomic E-state index is 13.4. The molecule has 174 valence electrons. The van der Waals surface area contributed by atoms with Gasteiger partial charge in [0.05, 0.1) is 17.0 Å². The molecular formula is C21H24BrCl2N3O4S. The van der Waals surface area contributed by atoms with Crippen LogP contribution in [-0.4, -0.2) is 50.5 Å². The number of nitrogens with one attached hydrogen (secondary N) is 1. The molecule has 0 heterocycles. The van der Waals surface area contributed by atoms with E-state index >= 15 is 0 Å². The van der Waals surface area contributed by atoms with E-state index in [1.807, 2.05) is 24.3 Å². The van der Waals surface area contributed by atoms with Crippen molar-refractivity contribution in [3.8, 4) is 0 Å². The highest BCUT2D eigenvalue weighted by Gasteiger charge is 2.30. The molecular weight excluding hydrogens is 541 g/mol. The van der Waals surface area contributed by atoms with E-state index in [1.165, 1.54) is 23.1 Å². The Kier molecular flexibility index (Phi) is 9.39.